The number of benzene rings is 1. The van der Waals surface area contributed by atoms with E-state index < -0.39 is 5.97 Å². The number of carboxylic acids is 1. The van der Waals surface area contributed by atoms with Crippen LogP contribution in [0, 0.1) is 5.82 Å². The van der Waals surface area contributed by atoms with Crippen molar-refractivity contribution in [3.8, 4) is 0 Å². The highest BCUT2D eigenvalue weighted by Gasteiger charge is 2.19. The van der Waals surface area contributed by atoms with E-state index >= 15 is 0 Å². The fourth-order valence-corrected chi connectivity index (χ4v) is 3.99. The molecule has 0 bridgehead atoms. The summed E-state index contributed by atoms with van der Waals surface area (Å²) in [7, 11) is 0. The molecule has 1 aliphatic heterocycles. The molecule has 1 aromatic carbocycles. The molecule has 0 spiro atoms. The Morgan fingerprint density at radius 1 is 1.19 bits per heavy atom. The zero-order valence-corrected chi connectivity index (χ0v) is 17.3. The highest BCUT2D eigenvalue weighted by molar-refractivity contribution is 5.68. The van der Waals surface area contributed by atoms with E-state index in [0.717, 1.165) is 43.7 Å². The number of pyridine rings is 1. The van der Waals surface area contributed by atoms with Crippen molar-refractivity contribution in [2.75, 3.05) is 11.9 Å². The van der Waals surface area contributed by atoms with Gasteiger partial charge in [-0.05, 0) is 55.0 Å². The maximum absolute atomic E-state index is 13.6. The molecule has 0 saturated heterocycles. The molecule has 4 rings (SSSR count). The van der Waals surface area contributed by atoms with E-state index in [-0.39, 0.29) is 18.2 Å². The van der Waals surface area contributed by atoms with Crippen molar-refractivity contribution in [2.45, 2.75) is 50.9 Å². The third kappa shape index (κ3) is 5.65. The highest BCUT2D eigenvalue weighted by atomic mass is 19.1. The Morgan fingerprint density at radius 2 is 2.10 bits per heavy atom. The number of fused-ring (bicyclic) bond motifs is 1. The lowest BCUT2D eigenvalue weighted by Gasteiger charge is -2.17. The van der Waals surface area contributed by atoms with Gasteiger partial charge in [0.25, 0.3) is 0 Å². The standard InChI is InChI=1S/C23H26FN5O2/c24-18-6-1-4-16(12-18)17(14-22(30)31)13-21-27-20(28-29-21)8-2-7-19-10-9-15-5-3-11-25-23(15)26-19/h1,4,6,9-10,12,17H,2-3,5,7-8,11,13-14H2,(H,25,26)(H,30,31)(H,27,28,29). The van der Waals surface area contributed by atoms with E-state index in [4.69, 9.17) is 4.98 Å². The molecule has 8 heteroatoms. The first kappa shape index (κ1) is 21.0. The van der Waals surface area contributed by atoms with Crippen molar-refractivity contribution in [2.24, 2.45) is 0 Å². The van der Waals surface area contributed by atoms with Gasteiger partial charge < -0.3 is 10.4 Å². The second kappa shape index (κ2) is 9.68. The Balaban J connectivity index is 1.34. The predicted octanol–water partition coefficient (Wildman–Crippen LogP) is 3.67. The molecule has 3 aromatic rings. The van der Waals surface area contributed by atoms with Crippen LogP contribution in [0.4, 0.5) is 10.2 Å². The summed E-state index contributed by atoms with van der Waals surface area (Å²) in [5.74, 6) is 0.631. The number of carbonyl (C=O) groups is 1. The number of halogens is 1. The molecule has 1 aliphatic rings. The van der Waals surface area contributed by atoms with Crippen molar-refractivity contribution in [1.82, 2.24) is 20.2 Å². The smallest absolute Gasteiger partial charge is 0.303 e. The first-order chi connectivity index (χ1) is 15.1. The minimum atomic E-state index is -0.930. The fraction of sp³-hybridized carbons (Fsp3) is 0.391. The molecule has 1 unspecified atom stereocenters. The van der Waals surface area contributed by atoms with Gasteiger partial charge in [0.05, 0.1) is 6.42 Å². The molecule has 162 valence electrons. The van der Waals surface area contributed by atoms with Gasteiger partial charge in [-0.2, -0.15) is 5.10 Å². The summed E-state index contributed by atoms with van der Waals surface area (Å²) < 4.78 is 13.6. The topological polar surface area (TPSA) is 104 Å². The van der Waals surface area contributed by atoms with Gasteiger partial charge in [0.15, 0.2) is 5.82 Å². The molecule has 3 heterocycles. The van der Waals surface area contributed by atoms with Gasteiger partial charge in [0.2, 0.25) is 0 Å². The molecule has 0 saturated carbocycles. The Bertz CT molecular complexity index is 1050. The lowest BCUT2D eigenvalue weighted by Crippen LogP contribution is -2.14. The molecule has 1 atom stereocenters. The maximum Gasteiger partial charge on any atom is 0.303 e. The summed E-state index contributed by atoms with van der Waals surface area (Å²) in [5, 5.41) is 19.8. The van der Waals surface area contributed by atoms with Crippen LogP contribution in [0.25, 0.3) is 0 Å². The average molecular weight is 423 g/mol. The zero-order chi connectivity index (χ0) is 21.6. The summed E-state index contributed by atoms with van der Waals surface area (Å²) >= 11 is 0. The number of hydrogen-bond donors (Lipinski definition) is 3. The Morgan fingerprint density at radius 3 is 2.94 bits per heavy atom. The number of rotatable bonds is 9. The largest absolute Gasteiger partial charge is 0.481 e. The van der Waals surface area contributed by atoms with Gasteiger partial charge in [-0.1, -0.05) is 18.2 Å². The monoisotopic (exact) mass is 423 g/mol. The molecule has 31 heavy (non-hydrogen) atoms. The molecule has 0 aliphatic carbocycles. The number of aromatic amines is 1. The maximum atomic E-state index is 13.6. The minimum Gasteiger partial charge on any atom is -0.481 e. The first-order valence-electron chi connectivity index (χ1n) is 10.7. The van der Waals surface area contributed by atoms with E-state index in [9.17, 15) is 14.3 Å². The van der Waals surface area contributed by atoms with Gasteiger partial charge in [0.1, 0.15) is 17.5 Å². The van der Waals surface area contributed by atoms with Crippen molar-refractivity contribution < 1.29 is 14.3 Å². The Hall–Kier alpha value is -3.29. The van der Waals surface area contributed by atoms with Crippen LogP contribution in [0.5, 0.6) is 0 Å². The van der Waals surface area contributed by atoms with Crippen LogP contribution in [-0.4, -0.2) is 37.8 Å². The van der Waals surface area contributed by atoms with Crippen LogP contribution in [0.3, 0.4) is 0 Å². The number of aryl methyl sites for hydroxylation is 3. The van der Waals surface area contributed by atoms with Crippen molar-refractivity contribution in [1.29, 1.82) is 0 Å². The zero-order valence-electron chi connectivity index (χ0n) is 17.3. The Kier molecular flexibility index (Phi) is 6.54. The highest BCUT2D eigenvalue weighted by Crippen LogP contribution is 2.24. The van der Waals surface area contributed by atoms with Gasteiger partial charge in [-0.25, -0.2) is 14.4 Å². The normalized spacial score (nSPS) is 14.0. The number of carboxylic acid groups (broad SMARTS) is 1. The summed E-state index contributed by atoms with van der Waals surface area (Å²) in [6.45, 7) is 0.974. The molecule has 0 amide bonds. The molecule has 0 fully saturated rings. The van der Waals surface area contributed by atoms with Crippen LogP contribution in [0.1, 0.15) is 53.7 Å². The minimum absolute atomic E-state index is 0.0997. The lowest BCUT2D eigenvalue weighted by molar-refractivity contribution is -0.137. The number of H-pyrrole nitrogens is 1. The van der Waals surface area contributed by atoms with Gasteiger partial charge in [-0.15, -0.1) is 0 Å². The molecule has 7 nitrogen and oxygen atoms in total. The Labute approximate surface area is 180 Å². The van der Waals surface area contributed by atoms with Crippen LogP contribution >= 0.6 is 0 Å². The van der Waals surface area contributed by atoms with E-state index in [1.165, 1.54) is 17.7 Å². The molecule has 3 N–H and O–H groups in total. The summed E-state index contributed by atoms with van der Waals surface area (Å²) in [5.41, 5.74) is 2.98. The average Bonchev–Trinajstić information content (AvgIpc) is 3.20. The van der Waals surface area contributed by atoms with Crippen molar-refractivity contribution in [3.63, 3.8) is 0 Å². The second-order valence-electron chi connectivity index (χ2n) is 7.95. The quantitative estimate of drug-likeness (QED) is 0.485. The lowest BCUT2D eigenvalue weighted by atomic mass is 9.92. The van der Waals surface area contributed by atoms with Gasteiger partial charge in [0, 0.05) is 31.0 Å². The first-order valence-corrected chi connectivity index (χ1v) is 10.7. The van der Waals surface area contributed by atoms with E-state index in [1.54, 1.807) is 12.1 Å². The third-order valence-corrected chi connectivity index (χ3v) is 5.54. The summed E-state index contributed by atoms with van der Waals surface area (Å²) in [6, 6.07) is 10.3. The summed E-state index contributed by atoms with van der Waals surface area (Å²) in [4.78, 5) is 20.5. The number of nitrogens with zero attached hydrogens (tertiary/aromatic N) is 3. The van der Waals surface area contributed by atoms with E-state index in [2.05, 4.69) is 32.6 Å². The predicted molar refractivity (Wildman–Crippen MR) is 115 cm³/mol. The number of aliphatic carboxylic acids is 1. The van der Waals surface area contributed by atoms with Crippen LogP contribution in [-0.2, 0) is 30.5 Å². The molecular weight excluding hydrogens is 397 g/mol. The van der Waals surface area contributed by atoms with Crippen LogP contribution < -0.4 is 5.32 Å². The van der Waals surface area contributed by atoms with Crippen molar-refractivity contribution >= 4 is 11.8 Å². The molecular formula is C23H26FN5O2. The number of anilines is 1. The summed E-state index contributed by atoms with van der Waals surface area (Å²) in [6.07, 6.45) is 4.89. The van der Waals surface area contributed by atoms with Gasteiger partial charge >= 0.3 is 5.97 Å². The number of hydrogen-bond acceptors (Lipinski definition) is 5. The van der Waals surface area contributed by atoms with Crippen LogP contribution in [0.2, 0.25) is 0 Å². The second-order valence-corrected chi connectivity index (χ2v) is 7.95. The molecule has 2 aromatic heterocycles. The fourth-order valence-electron chi connectivity index (χ4n) is 3.99. The molecule has 0 radical (unpaired) electrons. The van der Waals surface area contributed by atoms with Crippen molar-refractivity contribution in [3.05, 3.63) is 70.7 Å². The van der Waals surface area contributed by atoms with E-state index in [1.807, 2.05) is 0 Å². The van der Waals surface area contributed by atoms with Gasteiger partial charge in [-0.3, -0.25) is 9.89 Å². The van der Waals surface area contributed by atoms with Crippen LogP contribution in [0.15, 0.2) is 36.4 Å². The third-order valence-electron chi connectivity index (χ3n) is 5.54. The number of aromatic nitrogens is 4. The number of nitrogens with one attached hydrogen (secondary N) is 2. The SMILES string of the molecule is O=C(O)CC(Cc1nc(CCCc2ccc3c(n2)NCCC3)n[nH]1)c1cccc(F)c1. The van der Waals surface area contributed by atoms with E-state index in [0.29, 0.717) is 30.1 Å².